The molecule has 1 aliphatic heterocycles. The zero-order valence-electron chi connectivity index (χ0n) is 22.4. The van der Waals surface area contributed by atoms with Crippen LogP contribution in [0.15, 0.2) is 40.9 Å². The maximum absolute atomic E-state index is 13.5. The summed E-state index contributed by atoms with van der Waals surface area (Å²) in [5, 5.41) is 11.8. The highest BCUT2D eigenvalue weighted by atomic mass is 16.6. The summed E-state index contributed by atoms with van der Waals surface area (Å²) in [6.45, 7) is 7.43. The number of epoxide rings is 1. The van der Waals surface area contributed by atoms with Gasteiger partial charge in [-0.15, -0.1) is 0 Å². The molecule has 1 aromatic carbocycles. The van der Waals surface area contributed by atoms with Crippen LogP contribution in [-0.4, -0.2) is 72.7 Å². The van der Waals surface area contributed by atoms with E-state index in [1.807, 2.05) is 44.2 Å². The second kappa shape index (κ2) is 12.8. The van der Waals surface area contributed by atoms with Crippen molar-refractivity contribution in [1.82, 2.24) is 21.1 Å². The first-order valence-electron chi connectivity index (χ1n) is 12.6. The number of aromatic nitrogens is 1. The Morgan fingerprint density at radius 3 is 2.21 bits per heavy atom. The van der Waals surface area contributed by atoms with E-state index in [1.54, 1.807) is 13.8 Å². The van der Waals surface area contributed by atoms with Crippen LogP contribution in [0.4, 0.5) is 0 Å². The van der Waals surface area contributed by atoms with Gasteiger partial charge in [0.15, 0.2) is 11.5 Å². The summed E-state index contributed by atoms with van der Waals surface area (Å²) in [5.41, 5.74) is -0.0819. The minimum atomic E-state index is -1.11. The number of Topliss-reactive ketones (excluding diaryl/α,β-unsaturated/α-hetero) is 1. The molecular formula is C27H36N4O7. The van der Waals surface area contributed by atoms with Gasteiger partial charge in [-0.3, -0.25) is 19.2 Å². The first-order chi connectivity index (χ1) is 18.0. The van der Waals surface area contributed by atoms with Crippen LogP contribution in [-0.2, 0) is 30.3 Å². The SMILES string of the molecule is COC[C@H](NC(=O)c1cc(C)on1)C(=O)N[C@@H](Cc1ccccc1)C(=O)N[C@@H](CC(C)C)C(=O)[C@]1(C)CO1. The maximum Gasteiger partial charge on any atom is 0.274 e. The third-order valence-corrected chi connectivity index (χ3v) is 6.17. The van der Waals surface area contributed by atoms with E-state index in [9.17, 15) is 19.2 Å². The highest BCUT2D eigenvalue weighted by Gasteiger charge is 2.50. The minimum absolute atomic E-state index is 0.0146. The van der Waals surface area contributed by atoms with Gasteiger partial charge < -0.3 is 29.9 Å². The van der Waals surface area contributed by atoms with Gasteiger partial charge in [-0.2, -0.15) is 0 Å². The fourth-order valence-electron chi connectivity index (χ4n) is 3.98. The summed E-state index contributed by atoms with van der Waals surface area (Å²) >= 11 is 0. The normalized spacial score (nSPS) is 18.8. The van der Waals surface area contributed by atoms with Crippen LogP contribution in [0.3, 0.4) is 0 Å². The van der Waals surface area contributed by atoms with Crippen molar-refractivity contribution in [3.05, 3.63) is 53.4 Å². The zero-order valence-corrected chi connectivity index (χ0v) is 22.4. The molecule has 3 rings (SSSR count). The summed E-state index contributed by atoms with van der Waals surface area (Å²) in [4.78, 5) is 52.4. The number of ether oxygens (including phenoxy) is 2. The molecule has 1 aliphatic rings. The molecule has 0 spiro atoms. The van der Waals surface area contributed by atoms with Gasteiger partial charge >= 0.3 is 0 Å². The van der Waals surface area contributed by atoms with Gasteiger partial charge in [0.25, 0.3) is 5.91 Å². The van der Waals surface area contributed by atoms with Crippen LogP contribution >= 0.6 is 0 Å². The fraction of sp³-hybridized carbons (Fsp3) is 0.519. The number of benzene rings is 1. The van der Waals surface area contributed by atoms with E-state index in [0.717, 1.165) is 5.56 Å². The zero-order chi connectivity index (χ0) is 27.9. The lowest BCUT2D eigenvalue weighted by Gasteiger charge is -2.26. The Balaban J connectivity index is 1.78. The highest BCUT2D eigenvalue weighted by Crippen LogP contribution is 2.29. The van der Waals surface area contributed by atoms with Crippen molar-refractivity contribution < 1.29 is 33.2 Å². The van der Waals surface area contributed by atoms with Crippen molar-refractivity contribution >= 4 is 23.5 Å². The highest BCUT2D eigenvalue weighted by molar-refractivity contribution is 5.99. The van der Waals surface area contributed by atoms with E-state index in [2.05, 4.69) is 21.1 Å². The second-order valence-electron chi connectivity index (χ2n) is 10.1. The number of ketones is 1. The molecule has 11 nitrogen and oxygen atoms in total. The molecule has 206 valence electrons. The molecule has 11 heteroatoms. The molecule has 1 aromatic heterocycles. The van der Waals surface area contributed by atoms with E-state index < -0.39 is 41.4 Å². The lowest BCUT2D eigenvalue weighted by atomic mass is 9.93. The molecule has 0 bridgehead atoms. The van der Waals surface area contributed by atoms with Crippen molar-refractivity contribution in [2.75, 3.05) is 20.3 Å². The van der Waals surface area contributed by atoms with Crippen molar-refractivity contribution in [2.45, 2.75) is 64.3 Å². The Morgan fingerprint density at radius 2 is 1.66 bits per heavy atom. The van der Waals surface area contributed by atoms with Crippen molar-refractivity contribution in [3.8, 4) is 0 Å². The van der Waals surface area contributed by atoms with Crippen molar-refractivity contribution in [2.24, 2.45) is 5.92 Å². The molecule has 3 N–H and O–H groups in total. The third kappa shape index (κ3) is 7.96. The number of rotatable bonds is 14. The average Bonchev–Trinajstić information content (AvgIpc) is 3.48. The summed E-state index contributed by atoms with van der Waals surface area (Å²) in [7, 11) is 1.39. The van der Waals surface area contributed by atoms with Gasteiger partial charge in [-0.25, -0.2) is 0 Å². The first kappa shape index (κ1) is 29.0. The van der Waals surface area contributed by atoms with Gasteiger partial charge in [0.1, 0.15) is 23.4 Å². The van der Waals surface area contributed by atoms with E-state index in [-0.39, 0.29) is 30.4 Å². The molecule has 1 saturated heterocycles. The van der Waals surface area contributed by atoms with Crippen LogP contribution < -0.4 is 16.0 Å². The summed E-state index contributed by atoms with van der Waals surface area (Å²) in [6, 6.07) is 7.72. The predicted molar refractivity (Wildman–Crippen MR) is 137 cm³/mol. The first-order valence-corrected chi connectivity index (χ1v) is 12.6. The van der Waals surface area contributed by atoms with Crippen LogP contribution in [0, 0.1) is 12.8 Å². The second-order valence-corrected chi connectivity index (χ2v) is 10.1. The Kier molecular flexibility index (Phi) is 9.76. The van der Waals surface area contributed by atoms with Gasteiger partial charge in [-0.1, -0.05) is 49.3 Å². The monoisotopic (exact) mass is 528 g/mol. The van der Waals surface area contributed by atoms with Gasteiger partial charge in [-0.05, 0) is 31.7 Å². The standard InChI is InChI=1S/C27H36N4O7/c1-16(2)11-19(23(32)27(4)15-37-27)28-24(33)20(13-18-9-7-6-8-10-18)29-26(35)22(14-36-5)30-25(34)21-12-17(3)38-31-21/h6-10,12,16,19-20,22H,11,13-15H2,1-5H3,(H,28,33)(H,29,35)(H,30,34)/t19-,20-,22-,27-/m0/s1. The van der Waals surface area contributed by atoms with E-state index >= 15 is 0 Å². The smallest absolute Gasteiger partial charge is 0.274 e. The molecule has 2 heterocycles. The van der Waals surface area contributed by atoms with Gasteiger partial charge in [0.05, 0.1) is 19.3 Å². The summed E-state index contributed by atoms with van der Waals surface area (Å²) < 4.78 is 15.4. The Bertz CT molecular complexity index is 1130. The lowest BCUT2D eigenvalue weighted by molar-refractivity contribution is -0.133. The number of aryl methyl sites for hydroxylation is 1. The molecular weight excluding hydrogens is 492 g/mol. The molecule has 38 heavy (non-hydrogen) atoms. The Labute approximate surface area is 222 Å². The van der Waals surface area contributed by atoms with Gasteiger partial charge in [0, 0.05) is 19.6 Å². The number of carbonyl (C=O) groups excluding carboxylic acids is 4. The lowest BCUT2D eigenvalue weighted by Crippen LogP contribution is -2.58. The quantitative estimate of drug-likeness (QED) is 0.311. The summed E-state index contributed by atoms with van der Waals surface area (Å²) in [6.07, 6.45) is 0.597. The van der Waals surface area contributed by atoms with E-state index in [0.29, 0.717) is 18.8 Å². The van der Waals surface area contributed by atoms with Crippen molar-refractivity contribution in [3.63, 3.8) is 0 Å². The number of hydrogen-bond donors (Lipinski definition) is 3. The summed E-state index contributed by atoms with van der Waals surface area (Å²) in [5.74, 6) is -1.38. The van der Waals surface area contributed by atoms with E-state index in [1.165, 1.54) is 13.2 Å². The van der Waals surface area contributed by atoms with Crippen molar-refractivity contribution in [1.29, 1.82) is 0 Å². The molecule has 1 fully saturated rings. The molecule has 0 unspecified atom stereocenters. The van der Waals surface area contributed by atoms with E-state index in [4.69, 9.17) is 14.0 Å². The third-order valence-electron chi connectivity index (χ3n) is 6.17. The number of hydrogen-bond acceptors (Lipinski definition) is 8. The van der Waals surface area contributed by atoms with Crippen LogP contribution in [0.1, 0.15) is 49.0 Å². The number of nitrogens with one attached hydrogen (secondary N) is 3. The maximum atomic E-state index is 13.5. The molecule has 3 amide bonds. The number of carbonyl (C=O) groups is 4. The minimum Gasteiger partial charge on any atom is -0.382 e. The van der Waals surface area contributed by atoms with Crippen LogP contribution in [0.5, 0.6) is 0 Å². The van der Waals surface area contributed by atoms with Gasteiger partial charge in [0.2, 0.25) is 11.8 Å². The molecule has 4 atom stereocenters. The predicted octanol–water partition coefficient (Wildman–Crippen LogP) is 1.34. The number of nitrogens with zero attached hydrogens (tertiary/aromatic N) is 1. The molecule has 0 radical (unpaired) electrons. The average molecular weight is 529 g/mol. The molecule has 0 aliphatic carbocycles. The molecule has 2 aromatic rings. The largest absolute Gasteiger partial charge is 0.382 e. The molecule has 0 saturated carbocycles. The Morgan fingerprint density at radius 1 is 1.03 bits per heavy atom. The number of methoxy groups -OCH3 is 1. The number of amides is 3. The van der Waals surface area contributed by atoms with Crippen LogP contribution in [0.2, 0.25) is 0 Å². The van der Waals surface area contributed by atoms with Crippen LogP contribution in [0.25, 0.3) is 0 Å². The Hall–Kier alpha value is -3.57. The fourth-order valence-corrected chi connectivity index (χ4v) is 3.98. The topological polar surface area (TPSA) is 152 Å².